The summed E-state index contributed by atoms with van der Waals surface area (Å²) in [4.78, 5) is 9.88. The van der Waals surface area contributed by atoms with Crippen molar-refractivity contribution in [1.82, 2.24) is 15.5 Å². The van der Waals surface area contributed by atoms with Gasteiger partial charge in [-0.3, -0.25) is 4.90 Å². The molecule has 0 radical (unpaired) electrons. The van der Waals surface area contributed by atoms with Crippen molar-refractivity contribution in [3.63, 3.8) is 0 Å². The van der Waals surface area contributed by atoms with Crippen molar-refractivity contribution in [3.05, 3.63) is 29.8 Å². The summed E-state index contributed by atoms with van der Waals surface area (Å²) in [6, 6.07) is 9.65. The van der Waals surface area contributed by atoms with Gasteiger partial charge in [-0.15, -0.1) is 0 Å². The van der Waals surface area contributed by atoms with E-state index in [-0.39, 0.29) is 0 Å². The number of morpholine rings is 1. The highest BCUT2D eigenvalue weighted by Gasteiger charge is 2.31. The molecular formula is C22H37N5O. The summed E-state index contributed by atoms with van der Waals surface area (Å²) < 4.78 is 5.51. The van der Waals surface area contributed by atoms with Crippen LogP contribution in [0.4, 0.5) is 5.69 Å². The van der Waals surface area contributed by atoms with E-state index in [1.54, 1.807) is 0 Å². The summed E-state index contributed by atoms with van der Waals surface area (Å²) in [7, 11) is 0. The van der Waals surface area contributed by atoms with E-state index < -0.39 is 0 Å². The van der Waals surface area contributed by atoms with Crippen LogP contribution in [-0.2, 0) is 11.3 Å². The van der Waals surface area contributed by atoms with Crippen LogP contribution in [0.25, 0.3) is 0 Å². The number of rotatable bonds is 6. The Morgan fingerprint density at radius 2 is 1.96 bits per heavy atom. The number of nitrogens with zero attached hydrogens (tertiary/aromatic N) is 3. The highest BCUT2D eigenvalue weighted by Crippen LogP contribution is 2.22. The largest absolute Gasteiger partial charge is 0.378 e. The van der Waals surface area contributed by atoms with E-state index >= 15 is 0 Å². The third-order valence-electron chi connectivity index (χ3n) is 5.79. The van der Waals surface area contributed by atoms with Crippen molar-refractivity contribution in [2.75, 3.05) is 50.8 Å². The van der Waals surface area contributed by atoms with Gasteiger partial charge < -0.3 is 20.3 Å². The number of aliphatic imine (C=N–C) groups is 1. The molecule has 2 unspecified atom stereocenters. The van der Waals surface area contributed by atoms with E-state index in [1.165, 1.54) is 11.3 Å². The SMILES string of the molecule is CCNC(=NCc1ccccc1N1CCOCC1)NC1CN(C(C)C)CC1C. The zero-order valence-corrected chi connectivity index (χ0v) is 17.9. The Bertz CT molecular complexity index is 642. The number of para-hydroxylation sites is 1. The Hall–Kier alpha value is -1.79. The van der Waals surface area contributed by atoms with Crippen LogP contribution in [-0.4, -0.2) is 68.9 Å². The average Bonchev–Trinajstić information content (AvgIpc) is 3.08. The van der Waals surface area contributed by atoms with E-state index in [1.807, 2.05) is 0 Å². The van der Waals surface area contributed by atoms with Crippen LogP contribution in [0.15, 0.2) is 29.3 Å². The van der Waals surface area contributed by atoms with Gasteiger partial charge in [-0.25, -0.2) is 4.99 Å². The lowest BCUT2D eigenvalue weighted by Crippen LogP contribution is -2.46. The maximum absolute atomic E-state index is 5.51. The molecule has 0 bridgehead atoms. The first-order valence-corrected chi connectivity index (χ1v) is 10.8. The predicted molar refractivity (Wildman–Crippen MR) is 117 cm³/mol. The quantitative estimate of drug-likeness (QED) is 0.580. The molecular weight excluding hydrogens is 350 g/mol. The van der Waals surface area contributed by atoms with Gasteiger partial charge in [0.2, 0.25) is 0 Å². The molecule has 2 N–H and O–H groups in total. The lowest BCUT2D eigenvalue weighted by atomic mass is 10.1. The van der Waals surface area contributed by atoms with E-state index in [2.05, 4.69) is 72.4 Å². The molecule has 2 heterocycles. The number of anilines is 1. The molecule has 156 valence electrons. The predicted octanol–water partition coefficient (Wildman–Crippen LogP) is 2.31. The highest BCUT2D eigenvalue weighted by atomic mass is 16.5. The molecule has 2 aliphatic rings. The number of hydrogen-bond donors (Lipinski definition) is 2. The average molecular weight is 388 g/mol. The first-order chi connectivity index (χ1) is 13.6. The van der Waals surface area contributed by atoms with E-state index in [0.29, 0.717) is 24.5 Å². The molecule has 0 aromatic heterocycles. The Morgan fingerprint density at radius 3 is 2.64 bits per heavy atom. The minimum atomic E-state index is 0.440. The second-order valence-electron chi connectivity index (χ2n) is 8.20. The van der Waals surface area contributed by atoms with Gasteiger partial charge >= 0.3 is 0 Å². The van der Waals surface area contributed by atoms with Gasteiger partial charge in [-0.1, -0.05) is 25.1 Å². The molecule has 1 aromatic carbocycles. The van der Waals surface area contributed by atoms with Crippen LogP contribution in [0.5, 0.6) is 0 Å². The number of likely N-dealkylation sites (tertiary alicyclic amines) is 1. The lowest BCUT2D eigenvalue weighted by molar-refractivity contribution is 0.122. The summed E-state index contributed by atoms with van der Waals surface area (Å²) in [6.45, 7) is 16.3. The summed E-state index contributed by atoms with van der Waals surface area (Å²) in [5, 5.41) is 7.11. The van der Waals surface area contributed by atoms with Crippen LogP contribution < -0.4 is 15.5 Å². The van der Waals surface area contributed by atoms with Crippen LogP contribution in [0, 0.1) is 5.92 Å². The van der Waals surface area contributed by atoms with Gasteiger partial charge in [-0.05, 0) is 38.3 Å². The number of nitrogens with one attached hydrogen (secondary N) is 2. The summed E-state index contributed by atoms with van der Waals surface area (Å²) >= 11 is 0. The number of benzene rings is 1. The van der Waals surface area contributed by atoms with Gasteiger partial charge in [0.05, 0.1) is 19.8 Å². The molecule has 0 spiro atoms. The van der Waals surface area contributed by atoms with Crippen molar-refractivity contribution < 1.29 is 4.74 Å². The molecule has 6 nitrogen and oxygen atoms in total. The van der Waals surface area contributed by atoms with Crippen molar-refractivity contribution in [3.8, 4) is 0 Å². The van der Waals surface area contributed by atoms with Crippen molar-refractivity contribution in [1.29, 1.82) is 0 Å². The second-order valence-corrected chi connectivity index (χ2v) is 8.20. The van der Waals surface area contributed by atoms with E-state index in [0.717, 1.165) is 51.9 Å². The standard InChI is InChI=1S/C22H37N5O/c1-5-23-22(25-20-16-27(17(2)3)15-18(20)4)24-14-19-8-6-7-9-21(19)26-10-12-28-13-11-26/h6-9,17-18,20H,5,10-16H2,1-4H3,(H2,23,24,25). The molecule has 2 aliphatic heterocycles. The number of hydrogen-bond acceptors (Lipinski definition) is 4. The molecule has 0 saturated carbocycles. The molecule has 2 fully saturated rings. The lowest BCUT2D eigenvalue weighted by Gasteiger charge is -2.30. The third kappa shape index (κ3) is 5.39. The van der Waals surface area contributed by atoms with E-state index in [9.17, 15) is 0 Å². The zero-order valence-electron chi connectivity index (χ0n) is 17.9. The van der Waals surface area contributed by atoms with Crippen LogP contribution >= 0.6 is 0 Å². The van der Waals surface area contributed by atoms with Gasteiger partial charge in [-0.2, -0.15) is 0 Å². The molecule has 1 aromatic rings. The third-order valence-corrected chi connectivity index (χ3v) is 5.79. The van der Waals surface area contributed by atoms with Gasteiger partial charge in [0.25, 0.3) is 0 Å². The summed E-state index contributed by atoms with van der Waals surface area (Å²) in [5.74, 6) is 1.54. The normalized spacial score (nSPS) is 24.0. The maximum atomic E-state index is 5.51. The fourth-order valence-corrected chi connectivity index (χ4v) is 4.03. The maximum Gasteiger partial charge on any atom is 0.191 e. The zero-order chi connectivity index (χ0) is 19.9. The Morgan fingerprint density at radius 1 is 1.21 bits per heavy atom. The molecule has 0 amide bonds. The number of ether oxygens (including phenoxy) is 1. The molecule has 2 atom stereocenters. The van der Waals surface area contributed by atoms with Crippen molar-refractivity contribution >= 4 is 11.6 Å². The van der Waals surface area contributed by atoms with Crippen LogP contribution in [0.3, 0.4) is 0 Å². The van der Waals surface area contributed by atoms with Gasteiger partial charge in [0, 0.05) is 50.5 Å². The number of guanidine groups is 1. The molecule has 0 aliphatic carbocycles. The minimum Gasteiger partial charge on any atom is -0.378 e. The minimum absolute atomic E-state index is 0.440. The van der Waals surface area contributed by atoms with Crippen LogP contribution in [0.1, 0.15) is 33.3 Å². The second kappa shape index (κ2) is 10.1. The Balaban J connectivity index is 1.68. The molecule has 2 saturated heterocycles. The fraction of sp³-hybridized carbons (Fsp3) is 0.682. The van der Waals surface area contributed by atoms with E-state index in [4.69, 9.17) is 9.73 Å². The van der Waals surface area contributed by atoms with Gasteiger partial charge in [0.15, 0.2) is 5.96 Å². The monoisotopic (exact) mass is 387 g/mol. The summed E-state index contributed by atoms with van der Waals surface area (Å²) in [5.41, 5.74) is 2.55. The Kier molecular flexibility index (Phi) is 7.57. The highest BCUT2D eigenvalue weighted by molar-refractivity contribution is 5.80. The van der Waals surface area contributed by atoms with Crippen molar-refractivity contribution in [2.24, 2.45) is 10.9 Å². The Labute approximate surface area is 170 Å². The van der Waals surface area contributed by atoms with Crippen LogP contribution in [0.2, 0.25) is 0 Å². The first-order valence-electron chi connectivity index (χ1n) is 10.8. The first kappa shape index (κ1) is 20.9. The summed E-state index contributed by atoms with van der Waals surface area (Å²) in [6.07, 6.45) is 0. The molecule has 3 rings (SSSR count). The van der Waals surface area contributed by atoms with Crippen molar-refractivity contribution in [2.45, 2.75) is 46.3 Å². The fourth-order valence-electron chi connectivity index (χ4n) is 4.03. The van der Waals surface area contributed by atoms with Gasteiger partial charge in [0.1, 0.15) is 0 Å². The smallest absolute Gasteiger partial charge is 0.191 e. The topological polar surface area (TPSA) is 52.1 Å². The molecule has 6 heteroatoms. The molecule has 28 heavy (non-hydrogen) atoms.